The van der Waals surface area contributed by atoms with Gasteiger partial charge in [0.05, 0.1) is 16.2 Å². The second kappa shape index (κ2) is 10.0. The SMILES string of the molecule is CC[C@H](NC(=O)COC(=O)c1ccc(C2SCCS2)cc1)c1ccc(C)cc1. The number of carbonyl (C=O) groups is 2. The molecule has 1 saturated heterocycles. The van der Waals surface area contributed by atoms with E-state index in [1.54, 1.807) is 12.1 Å². The molecule has 0 spiro atoms. The number of esters is 1. The fraction of sp³-hybridized carbons (Fsp3) is 0.364. The molecule has 4 nitrogen and oxygen atoms in total. The van der Waals surface area contributed by atoms with E-state index in [-0.39, 0.29) is 18.6 Å². The molecule has 2 aromatic rings. The first-order valence-corrected chi connectivity index (χ1v) is 11.5. The van der Waals surface area contributed by atoms with Gasteiger partial charge >= 0.3 is 5.97 Å². The highest BCUT2D eigenvalue weighted by atomic mass is 32.2. The number of aryl methyl sites for hydroxylation is 1. The van der Waals surface area contributed by atoms with Gasteiger partial charge in [-0.05, 0) is 36.6 Å². The molecule has 1 fully saturated rings. The fourth-order valence-corrected chi connectivity index (χ4v) is 5.86. The van der Waals surface area contributed by atoms with Gasteiger partial charge in [-0.25, -0.2) is 4.79 Å². The Labute approximate surface area is 174 Å². The summed E-state index contributed by atoms with van der Waals surface area (Å²) in [5, 5.41) is 2.93. The minimum Gasteiger partial charge on any atom is -0.452 e. The molecule has 148 valence electrons. The minimum absolute atomic E-state index is 0.0903. The number of benzene rings is 2. The molecule has 3 rings (SSSR count). The summed E-state index contributed by atoms with van der Waals surface area (Å²) in [7, 11) is 0. The number of amides is 1. The molecule has 1 aliphatic heterocycles. The van der Waals surface area contributed by atoms with Crippen LogP contribution in [-0.2, 0) is 9.53 Å². The van der Waals surface area contributed by atoms with E-state index in [2.05, 4.69) is 5.32 Å². The van der Waals surface area contributed by atoms with Gasteiger partial charge in [-0.3, -0.25) is 4.79 Å². The van der Waals surface area contributed by atoms with Gasteiger partial charge in [0.2, 0.25) is 0 Å². The standard InChI is InChI=1S/C22H25NO3S2/c1-3-19(16-6-4-15(2)5-7-16)23-20(24)14-26-21(25)17-8-10-18(11-9-17)22-27-12-13-28-22/h4-11,19,22H,3,12-14H2,1-2H3,(H,23,24)/t19-/m0/s1. The first-order valence-electron chi connectivity index (χ1n) is 9.43. The summed E-state index contributed by atoms with van der Waals surface area (Å²) in [5.74, 6) is 1.55. The van der Waals surface area contributed by atoms with Gasteiger partial charge < -0.3 is 10.1 Å². The molecule has 1 aliphatic rings. The van der Waals surface area contributed by atoms with Crippen LogP contribution in [0.5, 0.6) is 0 Å². The summed E-state index contributed by atoms with van der Waals surface area (Å²) in [6.45, 7) is 3.76. The van der Waals surface area contributed by atoms with Crippen molar-refractivity contribution in [2.45, 2.75) is 30.9 Å². The van der Waals surface area contributed by atoms with E-state index >= 15 is 0 Å². The fourth-order valence-electron chi connectivity index (χ4n) is 3.00. The third-order valence-corrected chi connectivity index (χ3v) is 7.70. The third kappa shape index (κ3) is 5.55. The van der Waals surface area contributed by atoms with E-state index in [0.29, 0.717) is 10.1 Å². The van der Waals surface area contributed by atoms with E-state index in [1.807, 2.05) is 73.8 Å². The number of ether oxygens (including phenoxy) is 1. The van der Waals surface area contributed by atoms with Crippen molar-refractivity contribution in [3.05, 3.63) is 70.8 Å². The van der Waals surface area contributed by atoms with Crippen molar-refractivity contribution in [2.75, 3.05) is 18.1 Å². The van der Waals surface area contributed by atoms with Crippen molar-refractivity contribution in [3.63, 3.8) is 0 Å². The predicted molar refractivity (Wildman–Crippen MR) is 117 cm³/mol. The first-order chi connectivity index (χ1) is 13.6. The van der Waals surface area contributed by atoms with Crippen molar-refractivity contribution in [1.29, 1.82) is 0 Å². The van der Waals surface area contributed by atoms with Crippen LogP contribution in [0.3, 0.4) is 0 Å². The van der Waals surface area contributed by atoms with Crippen LogP contribution in [0.15, 0.2) is 48.5 Å². The summed E-state index contributed by atoms with van der Waals surface area (Å²) < 4.78 is 5.64. The highest BCUT2D eigenvalue weighted by Crippen LogP contribution is 2.45. The summed E-state index contributed by atoms with van der Waals surface area (Å²) in [5.41, 5.74) is 3.90. The lowest BCUT2D eigenvalue weighted by molar-refractivity contribution is -0.125. The molecule has 1 heterocycles. The Hall–Kier alpha value is -1.92. The zero-order valence-electron chi connectivity index (χ0n) is 16.1. The lowest BCUT2D eigenvalue weighted by Crippen LogP contribution is -2.32. The molecule has 1 amide bonds. The molecule has 2 aromatic carbocycles. The van der Waals surface area contributed by atoms with Gasteiger partial charge in [-0.2, -0.15) is 0 Å². The molecule has 1 N–H and O–H groups in total. The number of thioether (sulfide) groups is 2. The van der Waals surface area contributed by atoms with Gasteiger partial charge in [-0.15, -0.1) is 23.5 Å². The maximum Gasteiger partial charge on any atom is 0.338 e. The van der Waals surface area contributed by atoms with E-state index in [4.69, 9.17) is 4.74 Å². The Morgan fingerprint density at radius 3 is 2.32 bits per heavy atom. The number of nitrogens with one attached hydrogen (secondary N) is 1. The Bertz CT molecular complexity index is 800. The third-order valence-electron chi connectivity index (χ3n) is 4.60. The highest BCUT2D eigenvalue weighted by Gasteiger charge is 2.19. The molecule has 28 heavy (non-hydrogen) atoms. The summed E-state index contributed by atoms with van der Waals surface area (Å²) in [6, 6.07) is 15.5. The smallest absolute Gasteiger partial charge is 0.338 e. The van der Waals surface area contributed by atoms with Gasteiger partial charge in [0.15, 0.2) is 6.61 Å². The molecule has 0 unspecified atom stereocenters. The van der Waals surface area contributed by atoms with Gasteiger partial charge in [0, 0.05) is 11.5 Å². The summed E-state index contributed by atoms with van der Waals surface area (Å²) >= 11 is 3.85. The van der Waals surface area contributed by atoms with E-state index < -0.39 is 5.97 Å². The van der Waals surface area contributed by atoms with Crippen LogP contribution in [0.25, 0.3) is 0 Å². The molecule has 6 heteroatoms. The van der Waals surface area contributed by atoms with E-state index in [0.717, 1.165) is 23.5 Å². The van der Waals surface area contributed by atoms with E-state index in [1.165, 1.54) is 11.1 Å². The Morgan fingerprint density at radius 1 is 1.07 bits per heavy atom. The van der Waals surface area contributed by atoms with Crippen molar-refractivity contribution in [3.8, 4) is 0 Å². The summed E-state index contributed by atoms with van der Waals surface area (Å²) in [4.78, 5) is 24.5. The van der Waals surface area contributed by atoms with Gasteiger partial charge in [-0.1, -0.05) is 48.9 Å². The van der Waals surface area contributed by atoms with Crippen molar-refractivity contribution in [1.82, 2.24) is 5.32 Å². The number of rotatable bonds is 7. The second-order valence-electron chi connectivity index (χ2n) is 6.71. The molecule has 0 saturated carbocycles. The normalized spacial score (nSPS) is 15.2. The Kier molecular flexibility index (Phi) is 7.45. The molecule has 0 radical (unpaired) electrons. The van der Waals surface area contributed by atoms with Crippen molar-refractivity contribution >= 4 is 35.4 Å². The number of hydrogen-bond acceptors (Lipinski definition) is 5. The topological polar surface area (TPSA) is 55.4 Å². The second-order valence-corrected chi connectivity index (χ2v) is 9.44. The predicted octanol–water partition coefficient (Wildman–Crippen LogP) is 4.90. The molecule has 0 bridgehead atoms. The van der Waals surface area contributed by atoms with Gasteiger partial charge in [0.1, 0.15) is 0 Å². The minimum atomic E-state index is -0.475. The lowest BCUT2D eigenvalue weighted by Gasteiger charge is -2.17. The first kappa shape index (κ1) is 20.8. The maximum absolute atomic E-state index is 12.2. The average molecular weight is 416 g/mol. The lowest BCUT2D eigenvalue weighted by atomic mass is 10.0. The van der Waals surface area contributed by atoms with E-state index in [9.17, 15) is 9.59 Å². The average Bonchev–Trinajstić information content (AvgIpc) is 3.26. The zero-order chi connectivity index (χ0) is 19.9. The van der Waals surface area contributed by atoms with Crippen LogP contribution in [0.2, 0.25) is 0 Å². The quantitative estimate of drug-likeness (QED) is 0.652. The number of hydrogen-bond donors (Lipinski definition) is 1. The van der Waals surface area contributed by atoms with Crippen molar-refractivity contribution in [2.24, 2.45) is 0 Å². The zero-order valence-corrected chi connectivity index (χ0v) is 17.8. The maximum atomic E-state index is 12.2. The number of carbonyl (C=O) groups excluding carboxylic acids is 2. The molecular formula is C22H25NO3S2. The monoisotopic (exact) mass is 415 g/mol. The highest BCUT2D eigenvalue weighted by molar-refractivity contribution is 8.19. The largest absolute Gasteiger partial charge is 0.452 e. The molecular weight excluding hydrogens is 390 g/mol. The van der Waals surface area contributed by atoms with Crippen LogP contribution in [0.4, 0.5) is 0 Å². The summed E-state index contributed by atoms with van der Waals surface area (Å²) in [6.07, 6.45) is 0.765. The molecule has 0 aromatic heterocycles. The van der Waals surface area contributed by atoms with Crippen LogP contribution in [0.1, 0.15) is 51.0 Å². The van der Waals surface area contributed by atoms with Crippen LogP contribution < -0.4 is 5.32 Å². The van der Waals surface area contributed by atoms with Crippen LogP contribution in [0, 0.1) is 6.92 Å². The van der Waals surface area contributed by atoms with Gasteiger partial charge in [0.25, 0.3) is 5.91 Å². The molecule has 0 aliphatic carbocycles. The Morgan fingerprint density at radius 2 is 1.71 bits per heavy atom. The Balaban J connectivity index is 1.50. The van der Waals surface area contributed by atoms with Crippen LogP contribution >= 0.6 is 23.5 Å². The molecule has 1 atom stereocenters. The van der Waals surface area contributed by atoms with Crippen LogP contribution in [-0.4, -0.2) is 30.0 Å². The van der Waals surface area contributed by atoms with Crippen molar-refractivity contribution < 1.29 is 14.3 Å².